The standard InChI is InChI=1S/C15H32N4O2S2.HI/c1-6-16-14(18-12-15(2,3)22-4)17-11-13-7-9-19(10-8-13)23(5,20)21;/h13H,6-12H2,1-5H3,(H2,16,17,18);1H. The van der Waals surface area contributed by atoms with E-state index in [1.54, 1.807) is 4.31 Å². The van der Waals surface area contributed by atoms with Crippen molar-refractivity contribution < 1.29 is 8.42 Å². The van der Waals surface area contributed by atoms with Gasteiger partial charge in [-0.05, 0) is 45.8 Å². The van der Waals surface area contributed by atoms with Gasteiger partial charge in [0.2, 0.25) is 10.0 Å². The molecular formula is C15H33IN4O2S2. The third kappa shape index (κ3) is 9.10. The number of piperidine rings is 1. The van der Waals surface area contributed by atoms with Crippen LogP contribution in [-0.4, -0.2) is 68.7 Å². The number of rotatable bonds is 7. The molecule has 1 rings (SSSR count). The highest BCUT2D eigenvalue weighted by atomic mass is 127. The highest BCUT2D eigenvalue weighted by Crippen LogP contribution is 2.21. The van der Waals surface area contributed by atoms with Crippen molar-refractivity contribution in [3.05, 3.63) is 0 Å². The minimum atomic E-state index is -3.04. The molecule has 0 spiro atoms. The molecule has 0 atom stereocenters. The summed E-state index contributed by atoms with van der Waals surface area (Å²) in [5.41, 5.74) is 0. The summed E-state index contributed by atoms with van der Waals surface area (Å²) < 4.78 is 24.8. The molecular weight excluding hydrogens is 459 g/mol. The molecule has 9 heteroatoms. The second-order valence-corrected chi connectivity index (χ2v) is 10.1. The molecule has 0 radical (unpaired) electrons. The molecule has 0 bridgehead atoms. The molecule has 1 aliphatic heterocycles. The summed E-state index contributed by atoms with van der Waals surface area (Å²) in [4.78, 5) is 4.66. The number of thioether (sulfide) groups is 1. The van der Waals surface area contributed by atoms with Crippen LogP contribution in [0.5, 0.6) is 0 Å². The van der Waals surface area contributed by atoms with Crippen LogP contribution in [0.25, 0.3) is 0 Å². The lowest BCUT2D eigenvalue weighted by molar-refractivity contribution is 0.275. The minimum Gasteiger partial charge on any atom is -0.357 e. The second kappa shape index (κ2) is 11.1. The zero-order valence-corrected chi connectivity index (χ0v) is 19.4. The number of guanidine groups is 1. The number of hydrogen-bond acceptors (Lipinski definition) is 4. The molecule has 0 aromatic carbocycles. The molecule has 0 aromatic heterocycles. The van der Waals surface area contributed by atoms with E-state index in [9.17, 15) is 8.42 Å². The first kappa shape index (κ1) is 24.3. The van der Waals surface area contributed by atoms with Gasteiger partial charge in [-0.1, -0.05) is 0 Å². The average molecular weight is 492 g/mol. The van der Waals surface area contributed by atoms with E-state index in [0.717, 1.165) is 38.4 Å². The van der Waals surface area contributed by atoms with Crippen LogP contribution < -0.4 is 10.6 Å². The smallest absolute Gasteiger partial charge is 0.211 e. The van der Waals surface area contributed by atoms with Gasteiger partial charge < -0.3 is 10.6 Å². The molecule has 0 amide bonds. The van der Waals surface area contributed by atoms with Gasteiger partial charge in [0.15, 0.2) is 5.96 Å². The fourth-order valence-electron chi connectivity index (χ4n) is 2.36. The summed E-state index contributed by atoms with van der Waals surface area (Å²) in [6.07, 6.45) is 5.19. The number of sulfonamides is 1. The molecule has 1 heterocycles. The predicted octanol–water partition coefficient (Wildman–Crippen LogP) is 1.97. The maximum Gasteiger partial charge on any atom is 0.211 e. The first-order valence-electron chi connectivity index (χ1n) is 8.20. The molecule has 1 saturated heterocycles. The van der Waals surface area contributed by atoms with Crippen molar-refractivity contribution in [2.75, 3.05) is 45.2 Å². The van der Waals surface area contributed by atoms with E-state index >= 15 is 0 Å². The van der Waals surface area contributed by atoms with Gasteiger partial charge in [0.1, 0.15) is 0 Å². The van der Waals surface area contributed by atoms with Crippen molar-refractivity contribution >= 4 is 51.7 Å². The Kier molecular flexibility index (Phi) is 11.2. The van der Waals surface area contributed by atoms with Crippen LogP contribution in [0.15, 0.2) is 4.99 Å². The van der Waals surface area contributed by atoms with Crippen LogP contribution in [0.4, 0.5) is 0 Å². The van der Waals surface area contributed by atoms with Gasteiger partial charge in [0.05, 0.1) is 12.8 Å². The van der Waals surface area contributed by atoms with Crippen LogP contribution in [-0.2, 0) is 10.0 Å². The first-order valence-corrected chi connectivity index (χ1v) is 11.3. The highest BCUT2D eigenvalue weighted by molar-refractivity contribution is 14.0. The quantitative estimate of drug-likeness (QED) is 0.323. The molecule has 0 aromatic rings. The summed E-state index contributed by atoms with van der Waals surface area (Å²) in [5.74, 6) is 1.34. The maximum atomic E-state index is 11.5. The Bertz CT molecular complexity index is 490. The molecule has 24 heavy (non-hydrogen) atoms. The van der Waals surface area contributed by atoms with Crippen LogP contribution >= 0.6 is 35.7 Å². The summed E-state index contributed by atoms with van der Waals surface area (Å²) in [6, 6.07) is 0. The van der Waals surface area contributed by atoms with E-state index in [0.29, 0.717) is 19.0 Å². The Hall–Kier alpha value is 0.260. The van der Waals surface area contributed by atoms with Gasteiger partial charge in [0.25, 0.3) is 0 Å². The Labute approximate surface area is 169 Å². The van der Waals surface area contributed by atoms with Crippen LogP contribution in [0.3, 0.4) is 0 Å². The lowest BCUT2D eigenvalue weighted by atomic mass is 9.98. The SMILES string of the molecule is CCNC(=NCC(C)(C)SC)NCC1CCN(S(C)(=O)=O)CC1.I. The molecule has 0 aliphatic carbocycles. The lowest BCUT2D eigenvalue weighted by Gasteiger charge is -2.30. The van der Waals surface area contributed by atoms with Crippen LogP contribution in [0, 0.1) is 5.92 Å². The lowest BCUT2D eigenvalue weighted by Crippen LogP contribution is -2.44. The topological polar surface area (TPSA) is 73.8 Å². The number of hydrogen-bond donors (Lipinski definition) is 2. The molecule has 0 unspecified atom stereocenters. The van der Waals surface area contributed by atoms with Gasteiger partial charge in [-0.3, -0.25) is 4.99 Å². The highest BCUT2D eigenvalue weighted by Gasteiger charge is 2.24. The number of aliphatic imine (C=N–C) groups is 1. The van der Waals surface area contributed by atoms with Crippen molar-refractivity contribution in [2.24, 2.45) is 10.9 Å². The van der Waals surface area contributed by atoms with E-state index < -0.39 is 10.0 Å². The molecule has 0 saturated carbocycles. The van der Waals surface area contributed by atoms with Gasteiger partial charge in [-0.2, -0.15) is 11.8 Å². The van der Waals surface area contributed by atoms with Crippen LogP contribution in [0.2, 0.25) is 0 Å². The van der Waals surface area contributed by atoms with Crippen molar-refractivity contribution in [2.45, 2.75) is 38.4 Å². The number of nitrogens with one attached hydrogen (secondary N) is 2. The number of nitrogens with zero attached hydrogens (tertiary/aromatic N) is 2. The van der Waals surface area contributed by atoms with E-state index in [1.165, 1.54) is 6.26 Å². The molecule has 6 nitrogen and oxygen atoms in total. The fraction of sp³-hybridized carbons (Fsp3) is 0.933. The Morgan fingerprint density at radius 1 is 1.29 bits per heavy atom. The molecule has 1 aliphatic rings. The Morgan fingerprint density at radius 2 is 1.88 bits per heavy atom. The monoisotopic (exact) mass is 492 g/mol. The normalized spacial score (nSPS) is 18.1. The second-order valence-electron chi connectivity index (χ2n) is 6.65. The van der Waals surface area contributed by atoms with E-state index in [2.05, 4.69) is 42.7 Å². The number of halogens is 1. The van der Waals surface area contributed by atoms with Gasteiger partial charge >= 0.3 is 0 Å². The third-order valence-corrected chi connectivity index (χ3v) is 6.65. The van der Waals surface area contributed by atoms with E-state index in [-0.39, 0.29) is 28.7 Å². The average Bonchev–Trinajstić information content (AvgIpc) is 2.49. The van der Waals surface area contributed by atoms with Gasteiger partial charge in [-0.25, -0.2) is 12.7 Å². The summed E-state index contributed by atoms with van der Waals surface area (Å²) in [7, 11) is -3.04. The molecule has 144 valence electrons. The zero-order chi connectivity index (χ0) is 17.5. The summed E-state index contributed by atoms with van der Waals surface area (Å²) in [5, 5.41) is 6.68. The van der Waals surface area contributed by atoms with Crippen molar-refractivity contribution in [3.63, 3.8) is 0 Å². The fourth-order valence-corrected chi connectivity index (χ4v) is 3.43. The van der Waals surface area contributed by atoms with Gasteiger partial charge in [-0.15, -0.1) is 24.0 Å². The predicted molar refractivity (Wildman–Crippen MR) is 116 cm³/mol. The Balaban J connectivity index is 0.00000529. The molecule has 2 N–H and O–H groups in total. The van der Waals surface area contributed by atoms with Crippen molar-refractivity contribution in [1.29, 1.82) is 0 Å². The first-order chi connectivity index (χ1) is 10.7. The zero-order valence-electron chi connectivity index (χ0n) is 15.5. The summed E-state index contributed by atoms with van der Waals surface area (Å²) >= 11 is 1.81. The van der Waals surface area contributed by atoms with Crippen molar-refractivity contribution in [1.82, 2.24) is 14.9 Å². The minimum absolute atomic E-state index is 0. The van der Waals surface area contributed by atoms with Crippen LogP contribution in [0.1, 0.15) is 33.6 Å². The summed E-state index contributed by atoms with van der Waals surface area (Å²) in [6.45, 7) is 10.1. The largest absolute Gasteiger partial charge is 0.357 e. The Morgan fingerprint density at radius 3 is 2.33 bits per heavy atom. The molecule has 1 fully saturated rings. The van der Waals surface area contributed by atoms with Crippen molar-refractivity contribution in [3.8, 4) is 0 Å². The van der Waals surface area contributed by atoms with Gasteiger partial charge in [0, 0.05) is 30.9 Å². The maximum absolute atomic E-state index is 11.5. The van der Waals surface area contributed by atoms with E-state index in [4.69, 9.17) is 0 Å². The third-order valence-electron chi connectivity index (χ3n) is 4.12. The van der Waals surface area contributed by atoms with E-state index in [1.807, 2.05) is 11.8 Å².